The van der Waals surface area contributed by atoms with Gasteiger partial charge in [-0.2, -0.15) is 0 Å². The maximum Gasteiger partial charge on any atom is 0.0227 e. The highest BCUT2D eigenvalue weighted by atomic mass is 15.1. The SMILES string of the molecule is CCCN1CCC(C#CC(C)C)CC1. The van der Waals surface area contributed by atoms with Gasteiger partial charge in [0.25, 0.3) is 0 Å². The molecule has 0 aromatic rings. The molecule has 0 bridgehead atoms. The lowest BCUT2D eigenvalue weighted by atomic mass is 9.97. The van der Waals surface area contributed by atoms with Crippen molar-refractivity contribution >= 4 is 0 Å². The second-order valence-electron chi connectivity index (χ2n) is 4.56. The van der Waals surface area contributed by atoms with Crippen molar-refractivity contribution in [2.24, 2.45) is 11.8 Å². The van der Waals surface area contributed by atoms with E-state index in [1.165, 1.54) is 38.9 Å². The van der Waals surface area contributed by atoms with Gasteiger partial charge in [0.15, 0.2) is 0 Å². The summed E-state index contributed by atoms with van der Waals surface area (Å²) in [4.78, 5) is 2.56. The minimum absolute atomic E-state index is 0.531. The van der Waals surface area contributed by atoms with Crippen molar-refractivity contribution in [3.8, 4) is 11.8 Å². The molecule has 0 N–H and O–H groups in total. The second-order valence-corrected chi connectivity index (χ2v) is 4.56. The van der Waals surface area contributed by atoms with Gasteiger partial charge in [0.1, 0.15) is 0 Å². The van der Waals surface area contributed by atoms with Crippen LogP contribution in [0.25, 0.3) is 0 Å². The number of likely N-dealkylation sites (tertiary alicyclic amines) is 1. The lowest BCUT2D eigenvalue weighted by Crippen LogP contribution is -2.33. The van der Waals surface area contributed by atoms with Gasteiger partial charge in [-0.25, -0.2) is 0 Å². The summed E-state index contributed by atoms with van der Waals surface area (Å²) in [7, 11) is 0. The Balaban J connectivity index is 2.26. The van der Waals surface area contributed by atoms with E-state index in [4.69, 9.17) is 0 Å². The topological polar surface area (TPSA) is 3.24 Å². The third-order valence-electron chi connectivity index (χ3n) is 2.70. The number of hydrogen-bond donors (Lipinski definition) is 0. The van der Waals surface area contributed by atoms with Crippen molar-refractivity contribution in [1.82, 2.24) is 4.90 Å². The maximum absolute atomic E-state index is 3.41. The normalized spacial score (nSPS) is 19.4. The van der Waals surface area contributed by atoms with Crippen LogP contribution in [-0.2, 0) is 0 Å². The molecule has 1 saturated heterocycles. The zero-order chi connectivity index (χ0) is 10.4. The summed E-state index contributed by atoms with van der Waals surface area (Å²) in [5.41, 5.74) is 0. The first-order valence-corrected chi connectivity index (χ1v) is 5.95. The summed E-state index contributed by atoms with van der Waals surface area (Å²) in [5.74, 6) is 7.90. The van der Waals surface area contributed by atoms with Crippen LogP contribution in [0, 0.1) is 23.7 Å². The molecular weight excluding hydrogens is 170 g/mol. The minimum atomic E-state index is 0.531. The molecule has 1 heterocycles. The Morgan fingerprint density at radius 3 is 2.43 bits per heavy atom. The molecule has 1 aliphatic rings. The van der Waals surface area contributed by atoms with Gasteiger partial charge in [0.05, 0.1) is 0 Å². The van der Waals surface area contributed by atoms with Gasteiger partial charge in [0.2, 0.25) is 0 Å². The van der Waals surface area contributed by atoms with Gasteiger partial charge in [-0.15, -0.1) is 5.92 Å². The fraction of sp³-hybridized carbons (Fsp3) is 0.846. The summed E-state index contributed by atoms with van der Waals surface area (Å²) < 4.78 is 0. The van der Waals surface area contributed by atoms with E-state index in [9.17, 15) is 0 Å². The van der Waals surface area contributed by atoms with E-state index in [0.29, 0.717) is 11.8 Å². The first kappa shape index (κ1) is 11.6. The van der Waals surface area contributed by atoms with Crippen LogP contribution >= 0.6 is 0 Å². The van der Waals surface area contributed by atoms with E-state index < -0.39 is 0 Å². The molecular formula is C13H23N. The molecule has 0 aliphatic carbocycles. The highest BCUT2D eigenvalue weighted by Gasteiger charge is 2.16. The van der Waals surface area contributed by atoms with Crippen molar-refractivity contribution in [1.29, 1.82) is 0 Å². The molecule has 1 rings (SSSR count). The predicted octanol–water partition coefficient (Wildman–Crippen LogP) is 2.77. The van der Waals surface area contributed by atoms with E-state index in [2.05, 4.69) is 37.5 Å². The Kier molecular flexibility index (Phi) is 5.04. The number of rotatable bonds is 2. The summed E-state index contributed by atoms with van der Waals surface area (Å²) in [6.45, 7) is 10.4. The molecule has 1 nitrogen and oxygen atoms in total. The molecule has 0 aromatic carbocycles. The fourth-order valence-corrected chi connectivity index (χ4v) is 1.90. The Bertz CT molecular complexity index is 201. The van der Waals surface area contributed by atoms with Crippen molar-refractivity contribution in [2.45, 2.75) is 40.0 Å². The van der Waals surface area contributed by atoms with Crippen LogP contribution in [0.3, 0.4) is 0 Å². The maximum atomic E-state index is 3.41. The molecule has 0 atom stereocenters. The molecule has 14 heavy (non-hydrogen) atoms. The molecule has 0 spiro atoms. The average molecular weight is 193 g/mol. The Hall–Kier alpha value is -0.480. The second kappa shape index (κ2) is 6.09. The average Bonchev–Trinajstić information content (AvgIpc) is 2.17. The molecule has 80 valence electrons. The summed E-state index contributed by atoms with van der Waals surface area (Å²) in [6, 6.07) is 0. The van der Waals surface area contributed by atoms with Crippen LogP contribution < -0.4 is 0 Å². The highest BCUT2D eigenvalue weighted by molar-refractivity contribution is 5.06. The molecule has 0 saturated carbocycles. The van der Waals surface area contributed by atoms with E-state index in [1.54, 1.807) is 0 Å². The van der Waals surface area contributed by atoms with E-state index >= 15 is 0 Å². The molecule has 0 unspecified atom stereocenters. The van der Waals surface area contributed by atoms with Crippen LogP contribution in [0.2, 0.25) is 0 Å². The smallest absolute Gasteiger partial charge is 0.0227 e. The molecule has 1 fully saturated rings. The van der Waals surface area contributed by atoms with Crippen LogP contribution in [0.4, 0.5) is 0 Å². The third kappa shape index (κ3) is 4.15. The lowest BCUT2D eigenvalue weighted by molar-refractivity contribution is 0.207. The van der Waals surface area contributed by atoms with Gasteiger partial charge in [-0.3, -0.25) is 0 Å². The first-order chi connectivity index (χ1) is 6.72. The molecule has 1 heteroatoms. The Morgan fingerprint density at radius 1 is 1.29 bits per heavy atom. The summed E-state index contributed by atoms with van der Waals surface area (Å²) in [6.07, 6.45) is 3.84. The zero-order valence-electron chi connectivity index (χ0n) is 9.84. The number of hydrogen-bond acceptors (Lipinski definition) is 1. The van der Waals surface area contributed by atoms with Gasteiger partial charge in [0, 0.05) is 11.8 Å². The quantitative estimate of drug-likeness (QED) is 0.610. The number of piperidine rings is 1. The highest BCUT2D eigenvalue weighted by Crippen LogP contribution is 2.16. The largest absolute Gasteiger partial charge is 0.303 e. The minimum Gasteiger partial charge on any atom is -0.303 e. The lowest BCUT2D eigenvalue weighted by Gasteiger charge is -2.29. The summed E-state index contributed by atoms with van der Waals surface area (Å²) >= 11 is 0. The Morgan fingerprint density at radius 2 is 1.93 bits per heavy atom. The van der Waals surface area contributed by atoms with E-state index in [0.717, 1.165) is 0 Å². The van der Waals surface area contributed by atoms with Crippen molar-refractivity contribution in [3.05, 3.63) is 0 Å². The van der Waals surface area contributed by atoms with Crippen molar-refractivity contribution in [2.75, 3.05) is 19.6 Å². The molecule has 0 radical (unpaired) electrons. The standard InChI is InChI=1S/C13H23N/c1-4-9-14-10-7-13(8-11-14)6-5-12(2)3/h12-13H,4,7-11H2,1-3H3. The fourth-order valence-electron chi connectivity index (χ4n) is 1.90. The van der Waals surface area contributed by atoms with Gasteiger partial charge in [-0.05, 0) is 38.9 Å². The van der Waals surface area contributed by atoms with Crippen molar-refractivity contribution in [3.63, 3.8) is 0 Å². The van der Waals surface area contributed by atoms with E-state index in [1.807, 2.05) is 0 Å². The van der Waals surface area contributed by atoms with Gasteiger partial charge >= 0.3 is 0 Å². The van der Waals surface area contributed by atoms with Crippen LogP contribution in [0.15, 0.2) is 0 Å². The van der Waals surface area contributed by atoms with E-state index in [-0.39, 0.29) is 0 Å². The zero-order valence-corrected chi connectivity index (χ0v) is 9.84. The number of nitrogens with zero attached hydrogens (tertiary/aromatic N) is 1. The van der Waals surface area contributed by atoms with Gasteiger partial charge < -0.3 is 4.90 Å². The first-order valence-electron chi connectivity index (χ1n) is 5.95. The van der Waals surface area contributed by atoms with Crippen LogP contribution in [0.1, 0.15) is 40.0 Å². The van der Waals surface area contributed by atoms with Crippen molar-refractivity contribution < 1.29 is 0 Å². The van der Waals surface area contributed by atoms with Gasteiger partial charge in [-0.1, -0.05) is 26.7 Å². The predicted molar refractivity (Wildman–Crippen MR) is 62.1 cm³/mol. The monoisotopic (exact) mass is 193 g/mol. The molecule has 0 amide bonds. The van der Waals surface area contributed by atoms with Crippen LogP contribution in [-0.4, -0.2) is 24.5 Å². The third-order valence-corrected chi connectivity index (χ3v) is 2.70. The Labute approximate surface area is 88.9 Å². The summed E-state index contributed by atoms with van der Waals surface area (Å²) in [5, 5.41) is 0. The molecule has 0 aromatic heterocycles. The molecule has 1 aliphatic heterocycles. The van der Waals surface area contributed by atoms with Crippen LogP contribution in [0.5, 0.6) is 0 Å².